The van der Waals surface area contributed by atoms with Gasteiger partial charge in [-0.05, 0) is 35.7 Å². The third-order valence-electron chi connectivity index (χ3n) is 2.97. The molecule has 0 bridgehead atoms. The summed E-state index contributed by atoms with van der Waals surface area (Å²) in [6, 6.07) is 0. The molecule has 1 fully saturated rings. The van der Waals surface area contributed by atoms with E-state index in [1.54, 1.807) is 0 Å². The van der Waals surface area contributed by atoms with Crippen LogP contribution in [0.2, 0.25) is 0 Å². The molecule has 0 aromatic carbocycles. The van der Waals surface area contributed by atoms with Crippen LogP contribution in [0.5, 0.6) is 0 Å². The van der Waals surface area contributed by atoms with Gasteiger partial charge in [-0.15, -0.1) is 11.3 Å². The molecular weight excluding hydrogens is 320 g/mol. The van der Waals surface area contributed by atoms with Crippen LogP contribution in [0.3, 0.4) is 0 Å². The third kappa shape index (κ3) is 2.56. The molecule has 0 unspecified atom stereocenters. The summed E-state index contributed by atoms with van der Waals surface area (Å²) < 4.78 is 5.44. The molecule has 1 N–H and O–H groups in total. The van der Waals surface area contributed by atoms with Crippen molar-refractivity contribution in [3.05, 3.63) is 14.5 Å². The Morgan fingerprint density at radius 3 is 2.67 bits per heavy atom. The quantitative estimate of drug-likeness (QED) is 0.855. The topological polar surface area (TPSA) is 68.3 Å². The molecule has 1 aromatic rings. The second kappa shape index (κ2) is 4.97. The van der Waals surface area contributed by atoms with Crippen LogP contribution in [0.1, 0.15) is 28.3 Å². The number of carbonyl (C=O) groups excluding carboxylic acids is 2. The van der Waals surface area contributed by atoms with Crippen molar-refractivity contribution in [1.29, 1.82) is 0 Å². The molecular formula is C11H13BrN2O3S. The van der Waals surface area contributed by atoms with Crippen molar-refractivity contribution in [2.75, 3.05) is 13.7 Å². The highest BCUT2D eigenvalue weighted by Gasteiger charge is 2.51. The molecule has 1 heterocycles. The van der Waals surface area contributed by atoms with Crippen LogP contribution in [0.4, 0.5) is 0 Å². The van der Waals surface area contributed by atoms with Gasteiger partial charge in [-0.1, -0.05) is 0 Å². The zero-order chi connectivity index (χ0) is 13.3. The number of aryl methyl sites for hydroxylation is 1. The number of amides is 1. The van der Waals surface area contributed by atoms with E-state index in [0.717, 1.165) is 17.8 Å². The Kier molecular flexibility index (Phi) is 3.72. The minimum Gasteiger partial charge on any atom is -0.469 e. The average Bonchev–Trinajstić information content (AvgIpc) is 3.06. The van der Waals surface area contributed by atoms with Gasteiger partial charge in [-0.25, -0.2) is 4.98 Å². The number of esters is 1. The van der Waals surface area contributed by atoms with E-state index in [4.69, 9.17) is 4.74 Å². The lowest BCUT2D eigenvalue weighted by atomic mass is 10.1. The van der Waals surface area contributed by atoms with Gasteiger partial charge in [0.1, 0.15) is 3.79 Å². The lowest BCUT2D eigenvalue weighted by Gasteiger charge is -2.12. The average molecular weight is 333 g/mol. The Hall–Kier alpha value is -0.950. The highest BCUT2D eigenvalue weighted by atomic mass is 79.9. The van der Waals surface area contributed by atoms with Gasteiger partial charge < -0.3 is 10.1 Å². The first-order chi connectivity index (χ1) is 8.48. The van der Waals surface area contributed by atoms with Crippen molar-refractivity contribution >= 4 is 39.1 Å². The maximum atomic E-state index is 11.9. The van der Waals surface area contributed by atoms with Gasteiger partial charge in [0.15, 0.2) is 5.69 Å². The molecule has 5 nitrogen and oxygen atoms in total. The first-order valence-electron chi connectivity index (χ1n) is 5.48. The Labute approximate surface area is 117 Å². The summed E-state index contributed by atoms with van der Waals surface area (Å²) in [5, 5.41) is 3.57. The number of aromatic nitrogens is 1. The summed E-state index contributed by atoms with van der Waals surface area (Å²) in [4.78, 5) is 27.6. The minimum atomic E-state index is -0.512. The summed E-state index contributed by atoms with van der Waals surface area (Å²) in [5.74, 6) is -0.516. The maximum absolute atomic E-state index is 11.9. The first-order valence-corrected chi connectivity index (χ1v) is 7.09. The van der Waals surface area contributed by atoms with E-state index >= 15 is 0 Å². The van der Waals surface area contributed by atoms with Gasteiger partial charge in [-0.3, -0.25) is 9.59 Å². The number of methoxy groups -OCH3 is 1. The second-order valence-corrected chi connectivity index (χ2v) is 6.83. The smallest absolute Gasteiger partial charge is 0.313 e. The molecule has 7 heteroatoms. The molecule has 18 heavy (non-hydrogen) atoms. The SMILES string of the molecule is COC(=O)C1(CNC(=O)c2nc(C)sc2Br)CC1. The Morgan fingerprint density at radius 2 is 2.22 bits per heavy atom. The third-order valence-corrected chi connectivity index (χ3v) is 4.59. The highest BCUT2D eigenvalue weighted by Crippen LogP contribution is 2.46. The fraction of sp³-hybridized carbons (Fsp3) is 0.545. The van der Waals surface area contributed by atoms with E-state index in [-0.39, 0.29) is 11.9 Å². The van der Waals surface area contributed by atoms with E-state index in [0.29, 0.717) is 16.0 Å². The molecule has 1 aliphatic rings. The number of thiazole rings is 1. The lowest BCUT2D eigenvalue weighted by molar-refractivity contribution is -0.146. The van der Waals surface area contributed by atoms with Gasteiger partial charge >= 0.3 is 5.97 Å². The molecule has 0 aliphatic heterocycles. The van der Waals surface area contributed by atoms with Gasteiger partial charge in [-0.2, -0.15) is 0 Å². The predicted octanol–water partition coefficient (Wildman–Crippen LogP) is 1.90. The summed E-state index contributed by atoms with van der Waals surface area (Å²) in [7, 11) is 1.37. The molecule has 2 rings (SSSR count). The van der Waals surface area contributed by atoms with Crippen molar-refractivity contribution in [2.24, 2.45) is 5.41 Å². The molecule has 0 spiro atoms. The molecule has 0 atom stereocenters. The molecule has 0 saturated heterocycles. The molecule has 1 aliphatic carbocycles. The normalized spacial score (nSPS) is 16.2. The summed E-state index contributed by atoms with van der Waals surface area (Å²) >= 11 is 4.71. The van der Waals surface area contributed by atoms with Crippen LogP contribution in [0, 0.1) is 12.3 Å². The Balaban J connectivity index is 1.97. The number of hydrogen-bond donors (Lipinski definition) is 1. The molecule has 1 saturated carbocycles. The van der Waals surface area contributed by atoms with Gasteiger partial charge in [0.25, 0.3) is 5.91 Å². The van der Waals surface area contributed by atoms with Crippen molar-refractivity contribution in [2.45, 2.75) is 19.8 Å². The van der Waals surface area contributed by atoms with Gasteiger partial charge in [0.2, 0.25) is 0 Å². The monoisotopic (exact) mass is 332 g/mol. The van der Waals surface area contributed by atoms with Gasteiger partial charge in [0.05, 0.1) is 17.5 Å². The standard InChI is InChI=1S/C11H13BrN2O3S/c1-6-14-7(8(12)18-6)9(15)13-5-11(3-4-11)10(16)17-2/h3-5H2,1-2H3,(H,13,15). The van der Waals surface area contributed by atoms with Crippen molar-refractivity contribution in [3.63, 3.8) is 0 Å². The van der Waals surface area contributed by atoms with Gasteiger partial charge in [0, 0.05) is 6.54 Å². The van der Waals surface area contributed by atoms with E-state index in [1.165, 1.54) is 18.4 Å². The number of nitrogens with one attached hydrogen (secondary N) is 1. The maximum Gasteiger partial charge on any atom is 0.313 e. The van der Waals surface area contributed by atoms with Crippen molar-refractivity contribution in [1.82, 2.24) is 10.3 Å². The highest BCUT2D eigenvalue weighted by molar-refractivity contribution is 9.11. The van der Waals surface area contributed by atoms with Crippen molar-refractivity contribution < 1.29 is 14.3 Å². The Morgan fingerprint density at radius 1 is 1.56 bits per heavy atom. The van der Waals surface area contributed by atoms with Crippen LogP contribution in [-0.2, 0) is 9.53 Å². The summed E-state index contributed by atoms with van der Waals surface area (Å²) in [6.45, 7) is 2.14. The number of ether oxygens (including phenoxy) is 1. The zero-order valence-corrected chi connectivity index (χ0v) is 12.5. The van der Waals surface area contributed by atoms with Crippen LogP contribution in [0.25, 0.3) is 0 Å². The predicted molar refractivity (Wildman–Crippen MR) is 70.6 cm³/mol. The second-order valence-electron chi connectivity index (χ2n) is 4.31. The van der Waals surface area contributed by atoms with Crippen molar-refractivity contribution in [3.8, 4) is 0 Å². The van der Waals surface area contributed by atoms with E-state index in [9.17, 15) is 9.59 Å². The molecule has 0 radical (unpaired) electrons. The fourth-order valence-corrected chi connectivity index (χ4v) is 3.30. The van der Waals surface area contributed by atoms with E-state index in [2.05, 4.69) is 26.2 Å². The number of hydrogen-bond acceptors (Lipinski definition) is 5. The first kappa shape index (κ1) is 13.5. The van der Waals surface area contributed by atoms with Crippen LogP contribution >= 0.6 is 27.3 Å². The Bertz CT molecular complexity index is 496. The van der Waals surface area contributed by atoms with E-state index < -0.39 is 5.41 Å². The largest absolute Gasteiger partial charge is 0.469 e. The molecule has 98 valence electrons. The summed E-state index contributed by atoms with van der Waals surface area (Å²) in [6.07, 6.45) is 1.52. The summed E-state index contributed by atoms with van der Waals surface area (Å²) in [5.41, 5.74) is -0.139. The van der Waals surface area contributed by atoms with E-state index in [1.807, 2.05) is 6.92 Å². The molecule has 1 aromatic heterocycles. The number of halogens is 1. The molecule has 1 amide bonds. The number of carbonyl (C=O) groups is 2. The van der Waals surface area contributed by atoms with Crippen LogP contribution in [-0.4, -0.2) is 30.5 Å². The minimum absolute atomic E-state index is 0.253. The van der Waals surface area contributed by atoms with Crippen LogP contribution in [0.15, 0.2) is 3.79 Å². The number of nitrogens with zero attached hydrogens (tertiary/aromatic N) is 1. The zero-order valence-electron chi connectivity index (χ0n) is 10.1. The lowest BCUT2D eigenvalue weighted by Crippen LogP contribution is -2.35. The van der Waals surface area contributed by atoms with Crippen LogP contribution < -0.4 is 5.32 Å². The fourth-order valence-electron chi connectivity index (χ4n) is 1.70. The number of rotatable bonds is 4.